The van der Waals surface area contributed by atoms with Crippen LogP contribution in [0.15, 0.2) is 18.2 Å². The predicted molar refractivity (Wildman–Crippen MR) is 66.7 cm³/mol. The van der Waals surface area contributed by atoms with Crippen molar-refractivity contribution in [2.75, 3.05) is 13.6 Å². The number of hydrogen-bond acceptors (Lipinski definition) is 2. The van der Waals surface area contributed by atoms with Gasteiger partial charge in [0.05, 0.1) is 0 Å². The van der Waals surface area contributed by atoms with E-state index in [0.29, 0.717) is 11.2 Å². The van der Waals surface area contributed by atoms with Crippen LogP contribution in [0.2, 0.25) is 0 Å². The minimum atomic E-state index is 0.390. The van der Waals surface area contributed by atoms with E-state index < -0.39 is 0 Å². The number of fused-ring (bicyclic) bond motifs is 2. The zero-order valence-electron chi connectivity index (χ0n) is 10.5. The van der Waals surface area contributed by atoms with Gasteiger partial charge in [0, 0.05) is 18.5 Å². The first-order valence-corrected chi connectivity index (χ1v) is 6.21. The van der Waals surface area contributed by atoms with Crippen LogP contribution in [-0.2, 0) is 12.0 Å². The fourth-order valence-electron chi connectivity index (χ4n) is 2.72. The lowest BCUT2D eigenvalue weighted by Gasteiger charge is -2.32. The molecule has 16 heavy (non-hydrogen) atoms. The molecule has 2 aliphatic rings. The Balaban J connectivity index is 0.000000457. The van der Waals surface area contributed by atoms with E-state index in [4.69, 9.17) is 0 Å². The van der Waals surface area contributed by atoms with Gasteiger partial charge < -0.3 is 10.0 Å². The molecule has 1 aliphatic heterocycles. The van der Waals surface area contributed by atoms with E-state index in [9.17, 15) is 5.11 Å². The summed E-state index contributed by atoms with van der Waals surface area (Å²) in [6, 6.07) is 5.84. The van der Waals surface area contributed by atoms with Crippen LogP contribution in [0.5, 0.6) is 5.75 Å². The number of likely N-dealkylation sites (N-methyl/N-ethyl adjacent to an activating group) is 1. The van der Waals surface area contributed by atoms with Crippen molar-refractivity contribution in [3.05, 3.63) is 29.3 Å². The van der Waals surface area contributed by atoms with Crippen LogP contribution in [0.4, 0.5) is 0 Å². The zero-order valence-corrected chi connectivity index (χ0v) is 10.5. The van der Waals surface area contributed by atoms with Crippen molar-refractivity contribution >= 4 is 0 Å². The molecule has 1 aromatic carbocycles. The Morgan fingerprint density at radius 2 is 1.94 bits per heavy atom. The molecule has 1 fully saturated rings. The van der Waals surface area contributed by atoms with Gasteiger partial charge in [0.1, 0.15) is 5.75 Å². The molecule has 2 heteroatoms. The van der Waals surface area contributed by atoms with Crippen molar-refractivity contribution in [1.82, 2.24) is 4.90 Å². The van der Waals surface area contributed by atoms with Crippen LogP contribution in [0.1, 0.15) is 37.8 Å². The van der Waals surface area contributed by atoms with Crippen molar-refractivity contribution in [2.24, 2.45) is 0 Å². The smallest absolute Gasteiger partial charge is 0.115 e. The van der Waals surface area contributed by atoms with Gasteiger partial charge in [-0.3, -0.25) is 0 Å². The van der Waals surface area contributed by atoms with Crippen molar-refractivity contribution in [2.45, 2.75) is 38.6 Å². The fourth-order valence-corrected chi connectivity index (χ4v) is 2.72. The number of phenolic OH excluding ortho intramolecular Hbond substituents is 1. The van der Waals surface area contributed by atoms with Crippen LogP contribution >= 0.6 is 0 Å². The third-order valence-electron chi connectivity index (χ3n) is 3.53. The first-order valence-electron chi connectivity index (χ1n) is 6.21. The van der Waals surface area contributed by atoms with Gasteiger partial charge in [-0.2, -0.15) is 0 Å². The van der Waals surface area contributed by atoms with Gasteiger partial charge in [-0.25, -0.2) is 0 Å². The number of nitrogens with zero attached hydrogens (tertiary/aromatic N) is 1. The topological polar surface area (TPSA) is 23.5 Å². The summed E-state index contributed by atoms with van der Waals surface area (Å²) < 4.78 is 0. The first kappa shape index (κ1) is 11.5. The van der Waals surface area contributed by atoms with Crippen LogP contribution in [-0.4, -0.2) is 23.6 Å². The maximum Gasteiger partial charge on any atom is 0.115 e. The summed E-state index contributed by atoms with van der Waals surface area (Å²) in [6.07, 6.45) is 2.57. The van der Waals surface area contributed by atoms with E-state index in [0.717, 1.165) is 13.1 Å². The van der Waals surface area contributed by atoms with E-state index in [1.54, 1.807) is 6.07 Å². The summed E-state index contributed by atoms with van der Waals surface area (Å²) in [5.74, 6) is 0.416. The summed E-state index contributed by atoms with van der Waals surface area (Å²) >= 11 is 0. The van der Waals surface area contributed by atoms with Gasteiger partial charge in [-0.1, -0.05) is 19.9 Å². The number of rotatable bonds is 0. The molecule has 1 heterocycles. The maximum absolute atomic E-state index is 9.50. The summed E-state index contributed by atoms with van der Waals surface area (Å²) in [4.78, 5) is 2.38. The molecular weight excluding hydrogens is 198 g/mol. The highest BCUT2D eigenvalue weighted by molar-refractivity contribution is 5.45. The van der Waals surface area contributed by atoms with E-state index in [2.05, 4.69) is 18.0 Å². The van der Waals surface area contributed by atoms with Crippen LogP contribution in [0.3, 0.4) is 0 Å². The van der Waals surface area contributed by atoms with Crippen molar-refractivity contribution < 1.29 is 5.11 Å². The zero-order chi connectivity index (χ0) is 11.8. The number of aromatic hydroxyl groups is 1. The Morgan fingerprint density at radius 3 is 2.56 bits per heavy atom. The summed E-state index contributed by atoms with van der Waals surface area (Å²) in [5, 5.41) is 9.50. The molecular formula is C14H21NO. The van der Waals surface area contributed by atoms with Crippen LogP contribution in [0, 0.1) is 0 Å². The predicted octanol–water partition coefficient (Wildman–Crippen LogP) is 2.90. The Hall–Kier alpha value is -1.02. The third kappa shape index (κ3) is 1.82. The second-order valence-electron chi connectivity index (χ2n) is 4.79. The minimum absolute atomic E-state index is 0.390. The fraction of sp³-hybridized carbons (Fsp3) is 0.571. The Kier molecular flexibility index (Phi) is 2.94. The number of benzene rings is 1. The lowest BCUT2D eigenvalue weighted by atomic mass is 9.87. The standard InChI is InChI=1S/C12H15NO.C2H6/c1-13-7-9-2-3-10(14)6-11(9)12(8-13)4-5-12;1-2/h2-3,6,14H,4-5,7-8H2,1H3;1-2H3. The van der Waals surface area contributed by atoms with Gasteiger partial charge >= 0.3 is 0 Å². The average molecular weight is 219 g/mol. The van der Waals surface area contributed by atoms with Gasteiger partial charge in [-0.15, -0.1) is 0 Å². The summed E-state index contributed by atoms with van der Waals surface area (Å²) in [6.45, 7) is 6.18. The number of phenols is 1. The molecule has 0 bridgehead atoms. The minimum Gasteiger partial charge on any atom is -0.508 e. The monoisotopic (exact) mass is 219 g/mol. The summed E-state index contributed by atoms with van der Waals surface area (Å²) in [5.41, 5.74) is 3.19. The van der Waals surface area contributed by atoms with Gasteiger partial charge in [0.15, 0.2) is 0 Å². The highest BCUT2D eigenvalue weighted by Gasteiger charge is 2.48. The Labute approximate surface area is 97.9 Å². The van der Waals surface area contributed by atoms with Gasteiger partial charge in [0.25, 0.3) is 0 Å². The van der Waals surface area contributed by atoms with Crippen molar-refractivity contribution in [3.63, 3.8) is 0 Å². The molecule has 0 aromatic heterocycles. The second kappa shape index (κ2) is 4.10. The van der Waals surface area contributed by atoms with Crippen molar-refractivity contribution in [1.29, 1.82) is 0 Å². The molecule has 88 valence electrons. The molecule has 1 spiro atoms. The Bertz CT molecular complexity index is 382. The third-order valence-corrected chi connectivity index (χ3v) is 3.53. The largest absolute Gasteiger partial charge is 0.508 e. The van der Waals surface area contributed by atoms with E-state index in [1.165, 1.54) is 24.0 Å². The van der Waals surface area contributed by atoms with E-state index >= 15 is 0 Å². The lowest BCUT2D eigenvalue weighted by molar-refractivity contribution is 0.270. The second-order valence-corrected chi connectivity index (χ2v) is 4.79. The summed E-state index contributed by atoms with van der Waals surface area (Å²) in [7, 11) is 2.18. The molecule has 0 amide bonds. The molecule has 0 radical (unpaired) electrons. The van der Waals surface area contributed by atoms with Crippen LogP contribution < -0.4 is 0 Å². The average Bonchev–Trinajstić information content (AvgIpc) is 3.03. The van der Waals surface area contributed by atoms with E-state index in [1.807, 2.05) is 19.9 Å². The molecule has 1 aromatic rings. The van der Waals surface area contributed by atoms with Gasteiger partial charge in [-0.05, 0) is 43.1 Å². The highest BCUT2D eigenvalue weighted by Crippen LogP contribution is 2.52. The van der Waals surface area contributed by atoms with Crippen LogP contribution in [0.25, 0.3) is 0 Å². The highest BCUT2D eigenvalue weighted by atomic mass is 16.3. The SMILES string of the molecule is CC.CN1Cc2ccc(O)cc2C2(CC2)C1. The molecule has 3 rings (SSSR count). The maximum atomic E-state index is 9.50. The number of hydrogen-bond donors (Lipinski definition) is 1. The molecule has 1 aliphatic carbocycles. The molecule has 0 saturated heterocycles. The molecule has 1 N–H and O–H groups in total. The molecule has 0 atom stereocenters. The molecule has 0 unspecified atom stereocenters. The lowest BCUT2D eigenvalue weighted by Crippen LogP contribution is -2.34. The van der Waals surface area contributed by atoms with Crippen molar-refractivity contribution in [3.8, 4) is 5.75 Å². The quantitative estimate of drug-likeness (QED) is 0.725. The normalized spacial score (nSPS) is 20.9. The van der Waals surface area contributed by atoms with Gasteiger partial charge in [0.2, 0.25) is 0 Å². The van der Waals surface area contributed by atoms with E-state index in [-0.39, 0.29) is 0 Å². The molecule has 2 nitrogen and oxygen atoms in total. The Morgan fingerprint density at radius 1 is 1.25 bits per heavy atom. The molecule has 1 saturated carbocycles. The first-order chi connectivity index (χ1) is 7.70.